The van der Waals surface area contributed by atoms with E-state index in [1.165, 1.54) is 0 Å². The van der Waals surface area contributed by atoms with Gasteiger partial charge in [-0.25, -0.2) is 0 Å². The van der Waals surface area contributed by atoms with Crippen LogP contribution < -0.4 is 0 Å². The van der Waals surface area contributed by atoms with Crippen molar-refractivity contribution < 1.29 is 14.7 Å². The maximum atomic E-state index is 12.3. The number of carboxylic acid groups (broad SMARTS) is 1. The van der Waals surface area contributed by atoms with Crippen molar-refractivity contribution in [3.8, 4) is 0 Å². The zero-order valence-electron chi connectivity index (χ0n) is 12.3. The van der Waals surface area contributed by atoms with Crippen LogP contribution >= 0.6 is 0 Å². The molecule has 1 amide bonds. The number of carbonyl (C=O) groups is 2. The van der Waals surface area contributed by atoms with Gasteiger partial charge in [-0.1, -0.05) is 6.08 Å². The summed E-state index contributed by atoms with van der Waals surface area (Å²) in [5.41, 5.74) is 0.0353. The second-order valence-electron chi connectivity index (χ2n) is 5.45. The number of allylic oxidation sites excluding steroid dienone is 2. The van der Waals surface area contributed by atoms with E-state index < -0.39 is 11.5 Å². The molecule has 5 heteroatoms. The van der Waals surface area contributed by atoms with Crippen molar-refractivity contribution in [1.82, 2.24) is 9.80 Å². The Morgan fingerprint density at radius 1 is 1.42 bits per heavy atom. The highest BCUT2D eigenvalue weighted by atomic mass is 16.4. The van der Waals surface area contributed by atoms with Crippen LogP contribution in [0.25, 0.3) is 0 Å². The molecule has 19 heavy (non-hydrogen) atoms. The fourth-order valence-corrected chi connectivity index (χ4v) is 2.09. The Hall–Kier alpha value is -1.36. The number of likely N-dealkylation sites (N-methyl/N-ethyl adjacent to an activating group) is 2. The second-order valence-corrected chi connectivity index (χ2v) is 5.45. The third kappa shape index (κ3) is 3.56. The summed E-state index contributed by atoms with van der Waals surface area (Å²) >= 11 is 0. The molecule has 0 atom stereocenters. The van der Waals surface area contributed by atoms with Gasteiger partial charge in [0, 0.05) is 12.2 Å². The lowest BCUT2D eigenvalue weighted by Gasteiger charge is -2.33. The van der Waals surface area contributed by atoms with Crippen molar-refractivity contribution in [3.05, 3.63) is 11.8 Å². The SMILES string of the molecule is CCN(C(=O)CN(C)C(C)(C)C(=O)O)C1=CCCC1. The van der Waals surface area contributed by atoms with E-state index in [4.69, 9.17) is 5.11 Å². The summed E-state index contributed by atoms with van der Waals surface area (Å²) in [6, 6.07) is 0. The largest absolute Gasteiger partial charge is 0.480 e. The average Bonchev–Trinajstić information content (AvgIpc) is 2.83. The van der Waals surface area contributed by atoms with E-state index in [9.17, 15) is 9.59 Å². The Labute approximate surface area is 114 Å². The molecule has 5 nitrogen and oxygen atoms in total. The number of carbonyl (C=O) groups excluding carboxylic acids is 1. The fraction of sp³-hybridized carbons (Fsp3) is 0.714. The number of amides is 1. The van der Waals surface area contributed by atoms with Crippen molar-refractivity contribution >= 4 is 11.9 Å². The van der Waals surface area contributed by atoms with E-state index in [2.05, 4.69) is 6.08 Å². The number of nitrogens with zero attached hydrogens (tertiary/aromatic N) is 2. The quantitative estimate of drug-likeness (QED) is 0.796. The van der Waals surface area contributed by atoms with Gasteiger partial charge in [0.1, 0.15) is 5.54 Å². The summed E-state index contributed by atoms with van der Waals surface area (Å²) in [5, 5.41) is 9.15. The van der Waals surface area contributed by atoms with E-state index in [0.29, 0.717) is 6.54 Å². The third-order valence-electron chi connectivity index (χ3n) is 3.83. The molecule has 1 aliphatic carbocycles. The summed E-state index contributed by atoms with van der Waals surface area (Å²) in [6.07, 6.45) is 5.15. The number of rotatable bonds is 6. The standard InChI is InChI=1S/C14H24N2O3/c1-5-16(11-8-6-7-9-11)12(17)10-15(4)14(2,3)13(18)19/h8H,5-7,9-10H2,1-4H3,(H,18,19). The lowest BCUT2D eigenvalue weighted by molar-refractivity contribution is -0.149. The first-order valence-electron chi connectivity index (χ1n) is 6.74. The van der Waals surface area contributed by atoms with Crippen LogP contribution in [0.2, 0.25) is 0 Å². The van der Waals surface area contributed by atoms with Gasteiger partial charge >= 0.3 is 5.97 Å². The molecule has 108 valence electrons. The highest BCUT2D eigenvalue weighted by molar-refractivity contribution is 5.82. The lowest BCUT2D eigenvalue weighted by atomic mass is 10.0. The van der Waals surface area contributed by atoms with Crippen LogP contribution in [0.3, 0.4) is 0 Å². The number of aliphatic carboxylic acids is 1. The smallest absolute Gasteiger partial charge is 0.323 e. The maximum Gasteiger partial charge on any atom is 0.323 e. The van der Waals surface area contributed by atoms with Crippen molar-refractivity contribution in [1.29, 1.82) is 0 Å². The van der Waals surface area contributed by atoms with Crippen LogP contribution in [0.5, 0.6) is 0 Å². The van der Waals surface area contributed by atoms with E-state index in [0.717, 1.165) is 25.0 Å². The maximum absolute atomic E-state index is 12.3. The molecular formula is C14H24N2O3. The zero-order chi connectivity index (χ0) is 14.6. The highest BCUT2D eigenvalue weighted by Crippen LogP contribution is 2.22. The van der Waals surface area contributed by atoms with Crippen molar-refractivity contribution in [2.24, 2.45) is 0 Å². The van der Waals surface area contributed by atoms with Gasteiger partial charge in [0.2, 0.25) is 5.91 Å². The molecule has 1 aliphatic rings. The van der Waals surface area contributed by atoms with E-state index in [1.807, 2.05) is 6.92 Å². The van der Waals surface area contributed by atoms with Crippen molar-refractivity contribution in [2.45, 2.75) is 45.6 Å². The van der Waals surface area contributed by atoms with Crippen LogP contribution in [0.4, 0.5) is 0 Å². The fourth-order valence-electron chi connectivity index (χ4n) is 2.09. The normalized spacial score (nSPS) is 15.5. The third-order valence-corrected chi connectivity index (χ3v) is 3.83. The number of hydrogen-bond donors (Lipinski definition) is 1. The molecule has 0 aromatic heterocycles. The monoisotopic (exact) mass is 268 g/mol. The first-order chi connectivity index (χ1) is 8.80. The Morgan fingerprint density at radius 2 is 2.05 bits per heavy atom. The topological polar surface area (TPSA) is 60.9 Å². The van der Waals surface area contributed by atoms with Gasteiger partial charge in [-0.05, 0) is 47.1 Å². The molecule has 0 unspecified atom stereocenters. The van der Waals surface area contributed by atoms with Gasteiger partial charge in [-0.3, -0.25) is 14.5 Å². The summed E-state index contributed by atoms with van der Waals surface area (Å²) in [4.78, 5) is 26.8. The van der Waals surface area contributed by atoms with Gasteiger partial charge in [-0.15, -0.1) is 0 Å². The van der Waals surface area contributed by atoms with Gasteiger partial charge in [-0.2, -0.15) is 0 Å². The lowest BCUT2D eigenvalue weighted by Crippen LogP contribution is -2.51. The Kier molecular flexibility index (Phi) is 5.11. The minimum Gasteiger partial charge on any atom is -0.480 e. The molecule has 0 aromatic carbocycles. The van der Waals surface area contributed by atoms with Gasteiger partial charge < -0.3 is 10.0 Å². The summed E-state index contributed by atoms with van der Waals surface area (Å²) < 4.78 is 0. The van der Waals surface area contributed by atoms with E-state index >= 15 is 0 Å². The van der Waals surface area contributed by atoms with Crippen molar-refractivity contribution in [2.75, 3.05) is 20.1 Å². The van der Waals surface area contributed by atoms with Crippen LogP contribution in [-0.2, 0) is 9.59 Å². The second kappa shape index (κ2) is 6.19. The van der Waals surface area contributed by atoms with Gasteiger partial charge in [0.05, 0.1) is 6.54 Å². The van der Waals surface area contributed by atoms with E-state index in [1.54, 1.807) is 30.7 Å². The first-order valence-corrected chi connectivity index (χ1v) is 6.74. The predicted octanol–water partition coefficient (Wildman–Crippen LogP) is 1.70. The molecular weight excluding hydrogens is 244 g/mol. The molecule has 0 aliphatic heterocycles. The van der Waals surface area contributed by atoms with Gasteiger partial charge in [0.25, 0.3) is 0 Å². The minimum atomic E-state index is -1.04. The zero-order valence-corrected chi connectivity index (χ0v) is 12.3. The Balaban J connectivity index is 2.70. The molecule has 1 rings (SSSR count). The molecule has 0 aromatic rings. The molecule has 0 saturated carbocycles. The van der Waals surface area contributed by atoms with Crippen molar-refractivity contribution in [3.63, 3.8) is 0 Å². The van der Waals surface area contributed by atoms with Gasteiger partial charge in [0.15, 0.2) is 0 Å². The molecule has 0 radical (unpaired) electrons. The first kappa shape index (κ1) is 15.7. The molecule has 0 heterocycles. The molecule has 1 N–H and O–H groups in total. The summed E-state index contributed by atoms with van der Waals surface area (Å²) in [7, 11) is 1.67. The van der Waals surface area contributed by atoms with Crippen LogP contribution in [-0.4, -0.2) is 52.5 Å². The number of hydrogen-bond acceptors (Lipinski definition) is 3. The molecule has 0 bridgehead atoms. The molecule has 0 spiro atoms. The number of carboxylic acids is 1. The molecule has 0 saturated heterocycles. The Morgan fingerprint density at radius 3 is 2.47 bits per heavy atom. The minimum absolute atomic E-state index is 0.0347. The molecule has 0 fully saturated rings. The highest BCUT2D eigenvalue weighted by Gasteiger charge is 2.34. The summed E-state index contributed by atoms with van der Waals surface area (Å²) in [5.74, 6) is -0.960. The average molecular weight is 268 g/mol. The van der Waals surface area contributed by atoms with E-state index in [-0.39, 0.29) is 12.5 Å². The van der Waals surface area contributed by atoms with Crippen LogP contribution in [0, 0.1) is 0 Å². The summed E-state index contributed by atoms with van der Waals surface area (Å²) in [6.45, 7) is 5.90. The Bertz CT molecular complexity index is 388. The van der Waals surface area contributed by atoms with Crippen LogP contribution in [0.1, 0.15) is 40.0 Å². The van der Waals surface area contributed by atoms with Crippen LogP contribution in [0.15, 0.2) is 11.8 Å². The predicted molar refractivity (Wildman–Crippen MR) is 73.7 cm³/mol.